The number of hydrogen-bond acceptors (Lipinski definition) is 3. The van der Waals surface area contributed by atoms with E-state index in [4.69, 9.17) is 9.84 Å². The molecule has 4 heteroatoms. The van der Waals surface area contributed by atoms with Gasteiger partial charge in [0.15, 0.2) is 0 Å². The number of ether oxygens (including phenoxy) is 1. The lowest BCUT2D eigenvalue weighted by molar-refractivity contribution is 0.0885. The molecule has 0 fully saturated rings. The number of rotatable bonds is 4. The molecule has 20 heavy (non-hydrogen) atoms. The van der Waals surface area contributed by atoms with E-state index in [1.807, 2.05) is 18.2 Å². The maximum absolute atomic E-state index is 12.3. The molecule has 1 unspecified atom stereocenters. The van der Waals surface area contributed by atoms with Crippen LogP contribution in [0.15, 0.2) is 18.2 Å². The van der Waals surface area contributed by atoms with E-state index >= 15 is 0 Å². The van der Waals surface area contributed by atoms with Gasteiger partial charge in [0.2, 0.25) is 0 Å². The summed E-state index contributed by atoms with van der Waals surface area (Å²) in [6, 6.07) is 5.64. The minimum atomic E-state index is -0.0897. The van der Waals surface area contributed by atoms with Crippen LogP contribution >= 0.6 is 0 Å². The van der Waals surface area contributed by atoms with Crippen molar-refractivity contribution < 1.29 is 14.6 Å². The van der Waals surface area contributed by atoms with Crippen LogP contribution in [0.25, 0.3) is 0 Å². The molecular weight excluding hydrogens is 254 g/mol. The Morgan fingerprint density at radius 1 is 1.35 bits per heavy atom. The normalized spacial score (nSPS) is 15.8. The van der Waals surface area contributed by atoms with Crippen molar-refractivity contribution in [2.45, 2.75) is 46.4 Å². The molecular formula is C16H23NO3. The van der Waals surface area contributed by atoms with Crippen LogP contribution in [0.3, 0.4) is 0 Å². The molecule has 1 heterocycles. The third-order valence-electron chi connectivity index (χ3n) is 3.75. The highest BCUT2D eigenvalue weighted by Gasteiger charge is 2.26. The van der Waals surface area contributed by atoms with Crippen molar-refractivity contribution in [1.82, 2.24) is 5.32 Å². The molecule has 1 atom stereocenters. The summed E-state index contributed by atoms with van der Waals surface area (Å²) in [6.45, 7) is 7.46. The number of amides is 1. The second-order valence-electron chi connectivity index (χ2n) is 6.38. The fraction of sp³-hybridized carbons (Fsp3) is 0.562. The van der Waals surface area contributed by atoms with Crippen molar-refractivity contribution in [3.05, 3.63) is 34.9 Å². The summed E-state index contributed by atoms with van der Waals surface area (Å²) in [6.07, 6.45) is 0.559. The largest absolute Gasteiger partial charge is 0.396 e. The van der Waals surface area contributed by atoms with Crippen LogP contribution < -0.4 is 5.32 Å². The summed E-state index contributed by atoms with van der Waals surface area (Å²) in [7, 11) is 0. The SMILES string of the molecule is CC(C)(C)C(CCO)NC(=O)c1ccc2c(c1)COC2. The molecule has 0 saturated heterocycles. The van der Waals surface area contributed by atoms with Crippen LogP contribution in [0.4, 0.5) is 0 Å². The van der Waals surface area contributed by atoms with Crippen molar-refractivity contribution in [2.75, 3.05) is 6.61 Å². The van der Waals surface area contributed by atoms with Crippen LogP contribution in [0.2, 0.25) is 0 Å². The van der Waals surface area contributed by atoms with Crippen molar-refractivity contribution in [3.8, 4) is 0 Å². The fourth-order valence-corrected chi connectivity index (χ4v) is 2.41. The van der Waals surface area contributed by atoms with Gasteiger partial charge in [-0.3, -0.25) is 4.79 Å². The van der Waals surface area contributed by atoms with E-state index in [0.717, 1.165) is 11.1 Å². The molecule has 0 aliphatic carbocycles. The number of benzene rings is 1. The monoisotopic (exact) mass is 277 g/mol. The maximum atomic E-state index is 12.3. The number of hydrogen-bond donors (Lipinski definition) is 2. The lowest BCUT2D eigenvalue weighted by Gasteiger charge is -2.31. The Hall–Kier alpha value is -1.39. The molecule has 1 aliphatic heterocycles. The number of carbonyl (C=O) groups is 1. The zero-order valence-corrected chi connectivity index (χ0v) is 12.4. The number of nitrogens with one attached hydrogen (secondary N) is 1. The van der Waals surface area contributed by atoms with Crippen molar-refractivity contribution in [1.29, 1.82) is 0 Å². The van der Waals surface area contributed by atoms with E-state index in [1.54, 1.807) is 0 Å². The van der Waals surface area contributed by atoms with Gasteiger partial charge in [-0.05, 0) is 35.1 Å². The predicted octanol–water partition coefficient (Wildman–Crippen LogP) is 2.24. The first-order valence-electron chi connectivity index (χ1n) is 7.03. The lowest BCUT2D eigenvalue weighted by Crippen LogP contribution is -2.44. The molecule has 0 radical (unpaired) electrons. The Morgan fingerprint density at radius 2 is 2.05 bits per heavy atom. The molecule has 0 saturated carbocycles. The first-order chi connectivity index (χ1) is 9.41. The van der Waals surface area contributed by atoms with E-state index in [-0.39, 0.29) is 24.0 Å². The van der Waals surface area contributed by atoms with Gasteiger partial charge in [-0.2, -0.15) is 0 Å². The van der Waals surface area contributed by atoms with E-state index in [9.17, 15) is 4.79 Å². The van der Waals surface area contributed by atoms with Gasteiger partial charge >= 0.3 is 0 Å². The highest BCUT2D eigenvalue weighted by Crippen LogP contribution is 2.23. The standard InChI is InChI=1S/C16H23NO3/c1-16(2,3)14(6-7-18)17-15(19)11-4-5-12-9-20-10-13(12)8-11/h4-5,8,14,18H,6-7,9-10H2,1-3H3,(H,17,19). The average Bonchev–Trinajstić information content (AvgIpc) is 2.84. The Kier molecular flexibility index (Phi) is 4.45. The second-order valence-corrected chi connectivity index (χ2v) is 6.38. The van der Waals surface area contributed by atoms with E-state index < -0.39 is 0 Å². The van der Waals surface area contributed by atoms with E-state index in [1.165, 1.54) is 0 Å². The quantitative estimate of drug-likeness (QED) is 0.887. The van der Waals surface area contributed by atoms with Crippen molar-refractivity contribution >= 4 is 5.91 Å². The first kappa shape index (κ1) is 15.0. The third kappa shape index (κ3) is 3.38. The summed E-state index contributed by atoms with van der Waals surface area (Å²) in [4.78, 5) is 12.3. The Labute approximate surface area is 120 Å². The average molecular weight is 277 g/mol. The fourth-order valence-electron chi connectivity index (χ4n) is 2.41. The van der Waals surface area contributed by atoms with Crippen molar-refractivity contribution in [2.24, 2.45) is 5.41 Å². The summed E-state index contributed by atoms with van der Waals surface area (Å²) in [5.74, 6) is -0.0897. The van der Waals surface area contributed by atoms with Crippen LogP contribution in [-0.2, 0) is 18.0 Å². The number of aliphatic hydroxyl groups excluding tert-OH is 1. The highest BCUT2D eigenvalue weighted by molar-refractivity contribution is 5.94. The molecule has 1 aromatic carbocycles. The molecule has 0 spiro atoms. The summed E-state index contributed by atoms with van der Waals surface area (Å²) in [5.41, 5.74) is 2.82. The summed E-state index contributed by atoms with van der Waals surface area (Å²) < 4.78 is 5.36. The molecule has 0 bridgehead atoms. The van der Waals surface area contributed by atoms with Gasteiger partial charge in [0.25, 0.3) is 5.91 Å². The van der Waals surface area contributed by atoms with Gasteiger partial charge in [-0.15, -0.1) is 0 Å². The van der Waals surface area contributed by atoms with Gasteiger partial charge in [0.1, 0.15) is 0 Å². The summed E-state index contributed by atoms with van der Waals surface area (Å²) >= 11 is 0. The second kappa shape index (κ2) is 5.94. The van der Waals surface area contributed by atoms with Gasteiger partial charge < -0.3 is 15.2 Å². The van der Waals surface area contributed by atoms with Crippen LogP contribution in [-0.4, -0.2) is 23.7 Å². The Bertz CT molecular complexity index is 491. The molecule has 1 amide bonds. The molecule has 2 N–H and O–H groups in total. The van der Waals surface area contributed by atoms with Gasteiger partial charge in [-0.25, -0.2) is 0 Å². The van der Waals surface area contributed by atoms with E-state index in [0.29, 0.717) is 25.2 Å². The molecule has 0 aromatic heterocycles. The van der Waals surface area contributed by atoms with Crippen LogP contribution in [0.5, 0.6) is 0 Å². The first-order valence-corrected chi connectivity index (χ1v) is 7.03. The Morgan fingerprint density at radius 3 is 2.70 bits per heavy atom. The zero-order chi connectivity index (χ0) is 14.8. The molecule has 1 aromatic rings. The Balaban J connectivity index is 2.11. The van der Waals surface area contributed by atoms with E-state index in [2.05, 4.69) is 26.1 Å². The smallest absolute Gasteiger partial charge is 0.251 e. The third-order valence-corrected chi connectivity index (χ3v) is 3.75. The predicted molar refractivity (Wildman–Crippen MR) is 77.3 cm³/mol. The summed E-state index contributed by atoms with van der Waals surface area (Å²) in [5, 5.41) is 12.2. The molecule has 4 nitrogen and oxygen atoms in total. The van der Waals surface area contributed by atoms with Crippen LogP contribution in [0, 0.1) is 5.41 Å². The maximum Gasteiger partial charge on any atom is 0.251 e. The van der Waals surface area contributed by atoms with Crippen LogP contribution in [0.1, 0.15) is 48.7 Å². The minimum absolute atomic E-state index is 0.0514. The minimum Gasteiger partial charge on any atom is -0.396 e. The topological polar surface area (TPSA) is 58.6 Å². The van der Waals surface area contributed by atoms with Gasteiger partial charge in [-0.1, -0.05) is 26.8 Å². The zero-order valence-electron chi connectivity index (χ0n) is 12.4. The molecule has 110 valence electrons. The lowest BCUT2D eigenvalue weighted by atomic mass is 9.84. The number of fused-ring (bicyclic) bond motifs is 1. The molecule has 1 aliphatic rings. The van der Waals surface area contributed by atoms with Gasteiger partial charge in [0, 0.05) is 18.2 Å². The van der Waals surface area contributed by atoms with Gasteiger partial charge in [0.05, 0.1) is 13.2 Å². The highest BCUT2D eigenvalue weighted by atomic mass is 16.5. The van der Waals surface area contributed by atoms with Crippen molar-refractivity contribution in [3.63, 3.8) is 0 Å². The number of aliphatic hydroxyl groups is 1. The number of carbonyl (C=O) groups excluding carboxylic acids is 1. The molecule has 2 rings (SSSR count).